The van der Waals surface area contributed by atoms with Crippen molar-refractivity contribution in [2.75, 3.05) is 0 Å². The van der Waals surface area contributed by atoms with Gasteiger partial charge in [-0.05, 0) is 113 Å². The molecule has 1 unspecified atom stereocenters. The lowest BCUT2D eigenvalue weighted by Crippen LogP contribution is -1.98. The number of benzene rings is 9. The molecule has 0 radical (unpaired) electrons. The third-order valence-corrected chi connectivity index (χ3v) is 10.9. The van der Waals surface area contributed by atoms with E-state index in [0.29, 0.717) is 0 Å². The minimum Gasteiger partial charge on any atom is -0.456 e. The van der Waals surface area contributed by atoms with Crippen molar-refractivity contribution in [1.82, 2.24) is 0 Å². The van der Waals surface area contributed by atoms with Crippen LogP contribution in [0.5, 0.6) is 0 Å². The van der Waals surface area contributed by atoms with Gasteiger partial charge in [0.25, 0.3) is 0 Å². The third-order valence-electron chi connectivity index (χ3n) is 10.9. The van der Waals surface area contributed by atoms with Crippen molar-refractivity contribution in [3.05, 3.63) is 193 Å². The van der Waals surface area contributed by atoms with Gasteiger partial charge in [-0.3, -0.25) is 0 Å². The monoisotopic (exact) mass is 634 g/mol. The Bertz CT molecular complexity index is 2920. The van der Waals surface area contributed by atoms with Gasteiger partial charge in [0.1, 0.15) is 11.2 Å². The normalized spacial score (nSPS) is 13.8. The Balaban J connectivity index is 1.15. The van der Waals surface area contributed by atoms with Crippen molar-refractivity contribution in [2.45, 2.75) is 5.92 Å². The van der Waals surface area contributed by atoms with E-state index in [1.54, 1.807) is 0 Å². The van der Waals surface area contributed by atoms with E-state index in [0.717, 1.165) is 21.9 Å². The molecular formula is C49H30O. The molecule has 1 aromatic heterocycles. The summed E-state index contributed by atoms with van der Waals surface area (Å²) in [6.45, 7) is 0. The first-order chi connectivity index (χ1) is 24.8. The fourth-order valence-electron chi connectivity index (χ4n) is 8.73. The molecule has 0 fully saturated rings. The third kappa shape index (κ3) is 3.95. The van der Waals surface area contributed by atoms with E-state index in [2.05, 4.69) is 176 Å². The topological polar surface area (TPSA) is 13.1 Å². The molecule has 0 bridgehead atoms. The van der Waals surface area contributed by atoms with E-state index < -0.39 is 0 Å². The SMILES string of the molecule is c1ccc(C2c3ccccc3-c3cc(-c4c5ccccc5c(-c5ccc6oc7cc8ccccc8cc7c6c5)c5ccccc45)ccc32)cc1. The van der Waals surface area contributed by atoms with Crippen LogP contribution in [0, 0.1) is 0 Å². The highest BCUT2D eigenvalue weighted by Crippen LogP contribution is 2.51. The van der Waals surface area contributed by atoms with Crippen molar-refractivity contribution in [2.24, 2.45) is 0 Å². The van der Waals surface area contributed by atoms with Gasteiger partial charge < -0.3 is 4.42 Å². The quantitative estimate of drug-likeness (QED) is 0.176. The molecule has 1 nitrogen and oxygen atoms in total. The zero-order valence-corrected chi connectivity index (χ0v) is 27.2. The number of rotatable bonds is 3. The maximum Gasteiger partial charge on any atom is 0.136 e. The minimum absolute atomic E-state index is 0.235. The predicted molar refractivity (Wildman–Crippen MR) is 210 cm³/mol. The average molecular weight is 635 g/mol. The van der Waals surface area contributed by atoms with E-state index >= 15 is 0 Å². The van der Waals surface area contributed by atoms with Crippen molar-refractivity contribution in [3.8, 4) is 33.4 Å². The van der Waals surface area contributed by atoms with Gasteiger partial charge in [-0.25, -0.2) is 0 Å². The van der Waals surface area contributed by atoms with Gasteiger partial charge in [0, 0.05) is 16.7 Å². The molecule has 0 saturated heterocycles. The Hall–Kier alpha value is -6.44. The lowest BCUT2D eigenvalue weighted by atomic mass is 9.84. The zero-order chi connectivity index (χ0) is 32.8. The summed E-state index contributed by atoms with van der Waals surface area (Å²) < 4.78 is 6.40. The summed E-state index contributed by atoms with van der Waals surface area (Å²) in [5, 5.41) is 9.73. The zero-order valence-electron chi connectivity index (χ0n) is 27.2. The molecule has 0 aliphatic heterocycles. The first-order valence-corrected chi connectivity index (χ1v) is 17.4. The van der Waals surface area contributed by atoms with E-state index in [-0.39, 0.29) is 5.92 Å². The highest BCUT2D eigenvalue weighted by atomic mass is 16.3. The van der Waals surface area contributed by atoms with Crippen molar-refractivity contribution < 1.29 is 4.42 Å². The van der Waals surface area contributed by atoms with Crippen LogP contribution >= 0.6 is 0 Å². The number of hydrogen-bond acceptors (Lipinski definition) is 1. The highest BCUT2D eigenvalue weighted by Gasteiger charge is 2.30. The van der Waals surface area contributed by atoms with Gasteiger partial charge in [0.2, 0.25) is 0 Å². The average Bonchev–Trinajstić information content (AvgIpc) is 3.70. The second kappa shape index (κ2) is 10.5. The molecule has 11 rings (SSSR count). The molecule has 0 N–H and O–H groups in total. The molecule has 1 atom stereocenters. The van der Waals surface area contributed by atoms with Gasteiger partial charge in [0.05, 0.1) is 0 Å². The standard InChI is InChI=1S/C49H30O/c1-2-12-30(13-3-1)47-36-17-7-6-16-35(36)42-27-33(22-24-41(42)47)48-37-18-8-10-20-39(37)49(40-21-11-9-19-38(40)48)34-23-25-45-43(28-34)44-26-31-14-4-5-15-32(31)29-46(44)50-45/h1-29,47H. The van der Waals surface area contributed by atoms with E-state index in [4.69, 9.17) is 4.42 Å². The summed E-state index contributed by atoms with van der Waals surface area (Å²) >= 11 is 0. The number of fused-ring (bicyclic) bond motifs is 9. The largest absolute Gasteiger partial charge is 0.456 e. The van der Waals surface area contributed by atoms with E-state index in [9.17, 15) is 0 Å². The molecule has 1 heteroatoms. The molecule has 1 aliphatic rings. The van der Waals surface area contributed by atoms with Gasteiger partial charge in [0.15, 0.2) is 0 Å². The molecule has 0 spiro atoms. The molecule has 50 heavy (non-hydrogen) atoms. The summed E-state index contributed by atoms with van der Waals surface area (Å²) in [5.41, 5.74) is 13.6. The van der Waals surface area contributed by atoms with Gasteiger partial charge >= 0.3 is 0 Å². The van der Waals surface area contributed by atoms with Crippen molar-refractivity contribution in [3.63, 3.8) is 0 Å². The Kier molecular flexibility index (Phi) is 5.79. The summed E-state index contributed by atoms with van der Waals surface area (Å²) in [6.07, 6.45) is 0. The summed E-state index contributed by atoms with van der Waals surface area (Å²) in [6, 6.07) is 64.6. The van der Waals surface area contributed by atoms with Crippen LogP contribution in [-0.4, -0.2) is 0 Å². The maximum absolute atomic E-state index is 6.40. The summed E-state index contributed by atoms with van der Waals surface area (Å²) in [7, 11) is 0. The van der Waals surface area contributed by atoms with Crippen LogP contribution in [-0.2, 0) is 0 Å². The smallest absolute Gasteiger partial charge is 0.136 e. The number of hydrogen-bond donors (Lipinski definition) is 0. The Morgan fingerprint density at radius 2 is 0.880 bits per heavy atom. The van der Waals surface area contributed by atoms with Gasteiger partial charge in [-0.1, -0.05) is 146 Å². The highest BCUT2D eigenvalue weighted by molar-refractivity contribution is 6.22. The Labute approximate surface area is 289 Å². The number of furan rings is 1. The molecule has 1 aliphatic carbocycles. The van der Waals surface area contributed by atoms with E-state index in [1.807, 2.05) is 0 Å². The molecule has 9 aromatic carbocycles. The van der Waals surface area contributed by atoms with E-state index in [1.165, 1.54) is 82.4 Å². The van der Waals surface area contributed by atoms with Crippen molar-refractivity contribution >= 4 is 54.3 Å². The van der Waals surface area contributed by atoms with Crippen LogP contribution in [0.2, 0.25) is 0 Å². The second-order valence-electron chi connectivity index (χ2n) is 13.6. The van der Waals surface area contributed by atoms with Crippen LogP contribution in [0.15, 0.2) is 180 Å². The minimum atomic E-state index is 0.235. The van der Waals surface area contributed by atoms with Gasteiger partial charge in [-0.2, -0.15) is 0 Å². The molecule has 0 saturated carbocycles. The first kappa shape index (κ1) is 27.5. The fraction of sp³-hybridized carbons (Fsp3) is 0.0204. The van der Waals surface area contributed by atoms with Crippen LogP contribution in [0.3, 0.4) is 0 Å². The van der Waals surface area contributed by atoms with Crippen LogP contribution < -0.4 is 0 Å². The molecular weight excluding hydrogens is 605 g/mol. The first-order valence-electron chi connectivity index (χ1n) is 17.4. The molecule has 232 valence electrons. The van der Waals surface area contributed by atoms with Crippen molar-refractivity contribution in [1.29, 1.82) is 0 Å². The Morgan fingerprint density at radius 3 is 1.60 bits per heavy atom. The molecule has 0 amide bonds. The van der Waals surface area contributed by atoms with Crippen LogP contribution in [0.25, 0.3) is 87.6 Å². The molecule has 10 aromatic rings. The lowest BCUT2D eigenvalue weighted by Gasteiger charge is -2.19. The van der Waals surface area contributed by atoms with Crippen LogP contribution in [0.1, 0.15) is 22.6 Å². The molecule has 1 heterocycles. The maximum atomic E-state index is 6.40. The summed E-state index contributed by atoms with van der Waals surface area (Å²) in [5.74, 6) is 0.235. The lowest BCUT2D eigenvalue weighted by molar-refractivity contribution is 0.669. The fourth-order valence-corrected chi connectivity index (χ4v) is 8.73. The predicted octanol–water partition coefficient (Wildman–Crippen LogP) is 13.5. The Morgan fingerprint density at radius 1 is 0.340 bits per heavy atom. The second-order valence-corrected chi connectivity index (χ2v) is 13.6. The summed E-state index contributed by atoms with van der Waals surface area (Å²) in [4.78, 5) is 0. The van der Waals surface area contributed by atoms with Crippen LogP contribution in [0.4, 0.5) is 0 Å². The van der Waals surface area contributed by atoms with Gasteiger partial charge in [-0.15, -0.1) is 0 Å².